The molecule has 1 fully saturated rings. The lowest BCUT2D eigenvalue weighted by Gasteiger charge is -2.14. The first-order chi connectivity index (χ1) is 8.84. The third-order valence-corrected chi connectivity index (χ3v) is 3.71. The highest BCUT2D eigenvalue weighted by Crippen LogP contribution is 2.24. The molecule has 3 rings (SSSR count). The quantitative estimate of drug-likeness (QED) is 0.894. The lowest BCUT2D eigenvalue weighted by Crippen LogP contribution is -2.23. The van der Waals surface area contributed by atoms with Crippen molar-refractivity contribution in [1.29, 1.82) is 0 Å². The number of aryl methyl sites for hydroxylation is 1. The van der Waals surface area contributed by atoms with Crippen LogP contribution in [0.25, 0.3) is 11.4 Å². The second-order valence-electron chi connectivity index (χ2n) is 5.02. The summed E-state index contributed by atoms with van der Waals surface area (Å²) in [5, 5.41) is 3.56. The predicted octanol–water partition coefficient (Wildman–Crippen LogP) is 2.38. The third kappa shape index (κ3) is 2.18. The molecule has 3 nitrogen and oxygen atoms in total. The molecule has 1 aromatic carbocycles. The first kappa shape index (κ1) is 11.5. The zero-order valence-electron chi connectivity index (χ0n) is 10.8. The Bertz CT molecular complexity index is 524. The van der Waals surface area contributed by atoms with Gasteiger partial charge >= 0.3 is 0 Å². The number of benzene rings is 1. The number of rotatable bonds is 3. The van der Waals surface area contributed by atoms with Gasteiger partial charge in [0.25, 0.3) is 0 Å². The van der Waals surface area contributed by atoms with E-state index in [0.717, 1.165) is 18.8 Å². The molecular weight excluding hydrogens is 222 g/mol. The van der Waals surface area contributed by atoms with E-state index in [4.69, 9.17) is 0 Å². The van der Waals surface area contributed by atoms with Crippen molar-refractivity contribution in [2.75, 3.05) is 6.54 Å². The monoisotopic (exact) mass is 241 g/mol. The standard InChI is InChI=1S/C15H19N3/c1-18-10-9-17-15(18)14-7-3-2-5-12(14)11-13-6-4-8-16-13/h2-3,5,7,9-10,13,16H,4,6,8,11H2,1H3. The first-order valence-corrected chi connectivity index (χ1v) is 6.63. The van der Waals surface area contributed by atoms with E-state index in [1.54, 1.807) is 0 Å². The Morgan fingerprint density at radius 2 is 2.28 bits per heavy atom. The van der Waals surface area contributed by atoms with Crippen LogP contribution in [0, 0.1) is 0 Å². The molecule has 3 heteroatoms. The van der Waals surface area contributed by atoms with E-state index < -0.39 is 0 Å². The molecule has 1 N–H and O–H groups in total. The van der Waals surface area contributed by atoms with Crippen LogP contribution in [0.4, 0.5) is 0 Å². The van der Waals surface area contributed by atoms with Crippen LogP contribution in [0.3, 0.4) is 0 Å². The van der Waals surface area contributed by atoms with Gasteiger partial charge in [0.2, 0.25) is 0 Å². The van der Waals surface area contributed by atoms with Gasteiger partial charge in [-0.2, -0.15) is 0 Å². The molecule has 18 heavy (non-hydrogen) atoms. The van der Waals surface area contributed by atoms with Gasteiger partial charge in [-0.25, -0.2) is 4.98 Å². The Labute approximate surface area is 108 Å². The van der Waals surface area contributed by atoms with Crippen molar-refractivity contribution in [1.82, 2.24) is 14.9 Å². The van der Waals surface area contributed by atoms with E-state index in [-0.39, 0.29) is 0 Å². The van der Waals surface area contributed by atoms with E-state index >= 15 is 0 Å². The summed E-state index contributed by atoms with van der Waals surface area (Å²) in [4.78, 5) is 4.46. The van der Waals surface area contributed by atoms with E-state index in [2.05, 4.69) is 39.1 Å². The van der Waals surface area contributed by atoms with Gasteiger partial charge in [0.1, 0.15) is 5.82 Å². The van der Waals surface area contributed by atoms with Crippen LogP contribution in [0.1, 0.15) is 18.4 Å². The Morgan fingerprint density at radius 1 is 1.39 bits per heavy atom. The molecule has 94 valence electrons. The third-order valence-electron chi connectivity index (χ3n) is 3.71. The molecule has 0 spiro atoms. The molecule has 1 aromatic heterocycles. The van der Waals surface area contributed by atoms with Crippen molar-refractivity contribution >= 4 is 0 Å². The Kier molecular flexibility index (Phi) is 3.15. The summed E-state index contributed by atoms with van der Waals surface area (Å²) < 4.78 is 2.08. The van der Waals surface area contributed by atoms with Gasteiger partial charge in [-0.1, -0.05) is 24.3 Å². The van der Waals surface area contributed by atoms with Gasteiger partial charge < -0.3 is 9.88 Å². The maximum absolute atomic E-state index is 4.46. The fraction of sp³-hybridized carbons (Fsp3) is 0.400. The number of imidazole rings is 1. The molecule has 1 unspecified atom stereocenters. The van der Waals surface area contributed by atoms with Crippen molar-refractivity contribution in [3.05, 3.63) is 42.2 Å². The van der Waals surface area contributed by atoms with Gasteiger partial charge in [-0.05, 0) is 31.4 Å². The lowest BCUT2D eigenvalue weighted by atomic mass is 9.99. The summed E-state index contributed by atoms with van der Waals surface area (Å²) in [7, 11) is 2.05. The molecule has 0 amide bonds. The Hall–Kier alpha value is -1.61. The average molecular weight is 241 g/mol. The zero-order chi connectivity index (χ0) is 12.4. The van der Waals surface area contributed by atoms with Gasteiger partial charge in [0.05, 0.1) is 0 Å². The summed E-state index contributed by atoms with van der Waals surface area (Å²) >= 11 is 0. The maximum Gasteiger partial charge on any atom is 0.139 e. The number of nitrogens with one attached hydrogen (secondary N) is 1. The second kappa shape index (κ2) is 4.94. The van der Waals surface area contributed by atoms with Crippen molar-refractivity contribution in [3.8, 4) is 11.4 Å². The average Bonchev–Trinajstić information content (AvgIpc) is 3.02. The zero-order valence-corrected chi connectivity index (χ0v) is 10.8. The molecular formula is C15H19N3. The van der Waals surface area contributed by atoms with E-state index in [1.165, 1.54) is 24.0 Å². The lowest BCUT2D eigenvalue weighted by molar-refractivity contribution is 0.603. The first-order valence-electron chi connectivity index (χ1n) is 6.63. The normalized spacial score (nSPS) is 19.3. The van der Waals surface area contributed by atoms with Crippen LogP contribution in [0.5, 0.6) is 0 Å². The van der Waals surface area contributed by atoms with Crippen molar-refractivity contribution in [3.63, 3.8) is 0 Å². The molecule has 0 radical (unpaired) electrons. The van der Waals surface area contributed by atoms with Gasteiger partial charge in [-0.15, -0.1) is 0 Å². The van der Waals surface area contributed by atoms with Crippen LogP contribution >= 0.6 is 0 Å². The van der Waals surface area contributed by atoms with Crippen LogP contribution in [0.2, 0.25) is 0 Å². The summed E-state index contributed by atoms with van der Waals surface area (Å²) in [6.45, 7) is 1.16. The van der Waals surface area contributed by atoms with Gasteiger partial charge in [0.15, 0.2) is 0 Å². The number of nitrogens with zero attached hydrogens (tertiary/aromatic N) is 2. The van der Waals surface area contributed by atoms with Crippen LogP contribution in [-0.4, -0.2) is 22.1 Å². The molecule has 2 aromatic rings. The molecule has 2 heterocycles. The predicted molar refractivity (Wildman–Crippen MR) is 73.4 cm³/mol. The number of aromatic nitrogens is 2. The van der Waals surface area contributed by atoms with Gasteiger partial charge in [-0.3, -0.25) is 0 Å². The largest absolute Gasteiger partial charge is 0.334 e. The molecule has 1 aliphatic heterocycles. The number of hydrogen-bond donors (Lipinski definition) is 1. The molecule has 1 atom stereocenters. The molecule has 0 bridgehead atoms. The minimum atomic E-state index is 0.631. The van der Waals surface area contributed by atoms with Crippen molar-refractivity contribution in [2.45, 2.75) is 25.3 Å². The highest BCUT2D eigenvalue weighted by atomic mass is 15.0. The SMILES string of the molecule is Cn1ccnc1-c1ccccc1CC1CCCN1. The summed E-state index contributed by atoms with van der Waals surface area (Å²) in [5.74, 6) is 1.06. The maximum atomic E-state index is 4.46. The van der Waals surface area contributed by atoms with Crippen molar-refractivity contribution in [2.24, 2.45) is 7.05 Å². The molecule has 1 aliphatic rings. The molecule has 0 aliphatic carbocycles. The Morgan fingerprint density at radius 3 is 3.00 bits per heavy atom. The second-order valence-corrected chi connectivity index (χ2v) is 5.02. The highest BCUT2D eigenvalue weighted by Gasteiger charge is 2.17. The fourth-order valence-corrected chi connectivity index (χ4v) is 2.74. The topological polar surface area (TPSA) is 29.9 Å². The van der Waals surface area contributed by atoms with E-state index in [1.807, 2.05) is 19.4 Å². The minimum Gasteiger partial charge on any atom is -0.334 e. The van der Waals surface area contributed by atoms with Crippen LogP contribution in [-0.2, 0) is 13.5 Å². The highest BCUT2D eigenvalue weighted by molar-refractivity contribution is 5.60. The van der Waals surface area contributed by atoms with E-state index in [9.17, 15) is 0 Å². The van der Waals surface area contributed by atoms with Crippen LogP contribution in [0.15, 0.2) is 36.7 Å². The van der Waals surface area contributed by atoms with Crippen LogP contribution < -0.4 is 5.32 Å². The molecule has 0 saturated carbocycles. The van der Waals surface area contributed by atoms with Crippen molar-refractivity contribution < 1.29 is 0 Å². The number of hydrogen-bond acceptors (Lipinski definition) is 2. The molecule has 1 saturated heterocycles. The summed E-state index contributed by atoms with van der Waals surface area (Å²) in [6.07, 6.45) is 7.55. The summed E-state index contributed by atoms with van der Waals surface area (Å²) in [5.41, 5.74) is 2.66. The summed E-state index contributed by atoms with van der Waals surface area (Å²) in [6, 6.07) is 9.24. The fourth-order valence-electron chi connectivity index (χ4n) is 2.74. The smallest absolute Gasteiger partial charge is 0.139 e. The minimum absolute atomic E-state index is 0.631. The van der Waals surface area contributed by atoms with Gasteiger partial charge in [0, 0.05) is 31.0 Å². The Balaban J connectivity index is 1.92. The van der Waals surface area contributed by atoms with E-state index in [0.29, 0.717) is 6.04 Å².